The topological polar surface area (TPSA) is 579 Å². The van der Waals surface area contributed by atoms with E-state index in [4.69, 9.17) is 79.9 Å². The van der Waals surface area contributed by atoms with E-state index in [-0.39, 0.29) is 11.5 Å². The molecule has 93 heavy (non-hydrogen) atoms. The zero-order valence-electron chi connectivity index (χ0n) is 48.7. The summed E-state index contributed by atoms with van der Waals surface area (Å²) in [4.78, 5) is 0. The fourth-order valence-electron chi connectivity index (χ4n) is 11.9. The van der Waals surface area contributed by atoms with E-state index in [1.165, 1.54) is 48.5 Å². The summed E-state index contributed by atoms with van der Waals surface area (Å²) in [6, 6.07) is 14.9. The summed E-state index contributed by atoms with van der Waals surface area (Å²) in [6.45, 7) is -7.60. The van der Waals surface area contributed by atoms with Crippen LogP contribution in [0.5, 0.6) is 11.5 Å². The molecule has 38 nitrogen and oxygen atoms in total. The highest BCUT2D eigenvalue weighted by Gasteiger charge is 2.60. The van der Waals surface area contributed by atoms with Gasteiger partial charge in [-0.05, 0) is 24.3 Å². The van der Waals surface area contributed by atoms with E-state index in [1.807, 2.05) is 0 Å². The Morgan fingerprint density at radius 2 is 0.452 bits per heavy atom. The minimum absolute atomic E-state index is 0.0529. The predicted octanol–water partition coefficient (Wildman–Crippen LogP) is -10.9. The molecule has 35 atom stereocenters. The van der Waals surface area contributed by atoms with E-state index in [2.05, 4.69) is 0 Å². The number of hydrogen-bond acceptors (Lipinski definition) is 38. The van der Waals surface area contributed by atoms with Crippen LogP contribution in [0.2, 0.25) is 0 Å². The third-order valence-electron chi connectivity index (χ3n) is 16.9. The van der Waals surface area contributed by atoms with Gasteiger partial charge in [-0.25, -0.2) is 4.57 Å². The van der Waals surface area contributed by atoms with Crippen molar-refractivity contribution in [1.29, 1.82) is 0 Å². The SMILES string of the molecule is O=P(OC[C@H]1O[C@@H]2O[C@H]3[C@H](O)[C@@H](O)[C@@H](O[C@H]4[C@H](O)[C@@H](O)[C@@H](O[C@H]5[C@H](O)[C@@H](O)[C@@H](O[C@H]6[C@@H](O)[C@H](O)[C@@H](O[C@H]7[C@@H](O)[C@H](O)[C@@H](O[C@H]8[C@@H](O)[C@@H](O)[C@@H](O[C@H]1[C@H](O)[C@H]2O)O[C@@H]8CO)O[C@@H]7CO)O[C@@H]6CO)O[C@@H]5CO)O[C@@H]4CO)O[C@@H]3CO)(Oc1ccccc1)Oc1ccccc1. The number of para-hydroxylation sites is 2. The van der Waals surface area contributed by atoms with Gasteiger partial charge in [0.2, 0.25) is 0 Å². The van der Waals surface area contributed by atoms with Crippen molar-refractivity contribution in [1.82, 2.24) is 0 Å². The molecule has 23 rings (SSSR count). The molecule has 0 aromatic heterocycles. The first-order chi connectivity index (χ1) is 44.5. The maximum Gasteiger partial charge on any atom is 0.587 e. The van der Waals surface area contributed by atoms with E-state index < -0.39 is 269 Å². The quantitative estimate of drug-likeness (QED) is 0.0828. The molecule has 21 aliphatic heterocycles. The molecule has 0 saturated carbocycles. The predicted molar refractivity (Wildman–Crippen MR) is 289 cm³/mol. The smallest absolute Gasteiger partial charge is 0.395 e. The molecule has 14 bridgehead atoms. The van der Waals surface area contributed by atoms with Crippen molar-refractivity contribution in [3.63, 3.8) is 0 Å². The van der Waals surface area contributed by atoms with Crippen molar-refractivity contribution in [2.24, 2.45) is 0 Å². The van der Waals surface area contributed by atoms with Crippen LogP contribution < -0.4 is 9.05 Å². The van der Waals surface area contributed by atoms with Crippen LogP contribution >= 0.6 is 7.82 Å². The second-order valence-electron chi connectivity index (χ2n) is 23.0. The Kier molecular flexibility index (Phi) is 24.5. The molecule has 528 valence electrons. The van der Waals surface area contributed by atoms with Gasteiger partial charge in [-0.2, -0.15) is 0 Å². The molecule has 20 N–H and O–H groups in total. The highest BCUT2D eigenvalue weighted by Crippen LogP contribution is 2.51. The molecule has 2 aromatic rings. The third kappa shape index (κ3) is 15.4. The van der Waals surface area contributed by atoms with Gasteiger partial charge in [-0.1, -0.05) is 36.4 Å². The zero-order valence-corrected chi connectivity index (χ0v) is 49.6. The number of aliphatic hydroxyl groups excluding tert-OH is 20. The highest BCUT2D eigenvalue weighted by molar-refractivity contribution is 7.49. The number of aliphatic hydroxyl groups is 20. The third-order valence-corrected chi connectivity index (χ3v) is 18.3. The Hall–Kier alpha value is -3.13. The maximum absolute atomic E-state index is 14.7. The standard InChI is InChI=1S/C54H79O38P/c55-11-20-41-28(62)35(69)49(78-20)86-43-22(13-57)80-51(37(71)30(43)64)88-45-24(15-59)82-53(39(73)32(45)66)90-47-26(17-76-93(75,91-18-7-3-1-4-8-18)92-19-9-5-2-6-10-19)83-54(40(74)33(47)67)89-46-25(16-60)81-52(38(72)31(46)65)87-44-23(14-58)79-50(36(70)29(44)63)85-42-21(12-56)77-48(84-41)34(68)27(42)61/h1-10,20-74H,11-17H2/t20-,21-,22-,23-,24-,25-,26-,27-,28+,29-,30+,31-,32+,33-,34-,35+,36-,37+,38-,39-,40-,41-,42-,43-,44-,45-,46-,47-,48-,49-,50-,51-,52-,53-,54-/m1/s1. The summed E-state index contributed by atoms with van der Waals surface area (Å²) in [5.74, 6) is -0.106. The lowest BCUT2D eigenvalue weighted by molar-refractivity contribution is -0.396. The summed E-state index contributed by atoms with van der Waals surface area (Å²) in [6.07, 6.45) is -73.0. The summed E-state index contributed by atoms with van der Waals surface area (Å²) in [7, 11) is -4.93. The van der Waals surface area contributed by atoms with Crippen LogP contribution in [0.4, 0.5) is 0 Å². The van der Waals surface area contributed by atoms with E-state index >= 15 is 0 Å². The first-order valence-electron chi connectivity index (χ1n) is 29.6. The Bertz CT molecular complexity index is 2610. The molecule has 0 unspecified atom stereocenters. The lowest BCUT2D eigenvalue weighted by Gasteiger charge is -2.50. The summed E-state index contributed by atoms with van der Waals surface area (Å²) in [5, 5.41) is 225. The van der Waals surface area contributed by atoms with Gasteiger partial charge in [0.05, 0.1) is 46.2 Å². The summed E-state index contributed by atoms with van der Waals surface area (Å²) in [5.41, 5.74) is 0. The number of phosphoric acid groups is 1. The summed E-state index contributed by atoms with van der Waals surface area (Å²) < 4.78 is 113. The van der Waals surface area contributed by atoms with Gasteiger partial charge in [-0.15, -0.1) is 0 Å². The molecule has 21 heterocycles. The Balaban J connectivity index is 0.964. The van der Waals surface area contributed by atoms with Crippen molar-refractivity contribution in [2.75, 3.05) is 46.2 Å². The van der Waals surface area contributed by atoms with Crippen molar-refractivity contribution >= 4 is 7.82 Å². The molecular weight excluding hydrogens is 1290 g/mol. The van der Waals surface area contributed by atoms with Gasteiger partial charge in [0, 0.05) is 0 Å². The molecule has 21 aliphatic rings. The second kappa shape index (κ2) is 31.4. The minimum atomic E-state index is -4.93. The highest BCUT2D eigenvalue weighted by atomic mass is 31.2. The molecule has 0 radical (unpaired) electrons. The zero-order chi connectivity index (χ0) is 66.9. The van der Waals surface area contributed by atoms with Gasteiger partial charge in [0.15, 0.2) is 44.0 Å². The molecule has 0 spiro atoms. The maximum atomic E-state index is 14.7. The van der Waals surface area contributed by atoms with Crippen LogP contribution in [0.1, 0.15) is 0 Å². The van der Waals surface area contributed by atoms with Crippen molar-refractivity contribution < 1.29 is 187 Å². The van der Waals surface area contributed by atoms with Gasteiger partial charge >= 0.3 is 7.82 Å². The van der Waals surface area contributed by atoms with Crippen LogP contribution in [0.3, 0.4) is 0 Å². The van der Waals surface area contributed by atoms with Crippen molar-refractivity contribution in [3.05, 3.63) is 60.7 Å². The number of ether oxygens (including phenoxy) is 14. The number of hydrogen-bond donors (Lipinski definition) is 20. The average Bonchev–Trinajstić information content (AvgIpc) is 0.789. The van der Waals surface area contributed by atoms with Gasteiger partial charge in [-0.3, -0.25) is 4.52 Å². The Morgan fingerprint density at radius 3 is 0.645 bits per heavy atom. The Morgan fingerprint density at radius 1 is 0.269 bits per heavy atom. The molecule has 0 amide bonds. The lowest BCUT2D eigenvalue weighted by atomic mass is 9.95. The summed E-state index contributed by atoms with van der Waals surface area (Å²) >= 11 is 0. The van der Waals surface area contributed by atoms with E-state index in [9.17, 15) is 107 Å². The van der Waals surface area contributed by atoms with Crippen LogP contribution in [0.15, 0.2) is 60.7 Å². The van der Waals surface area contributed by atoms with Crippen molar-refractivity contribution in [2.45, 2.75) is 215 Å². The fraction of sp³-hybridized carbons (Fsp3) is 0.778. The fourth-order valence-corrected chi connectivity index (χ4v) is 13.1. The van der Waals surface area contributed by atoms with Crippen LogP contribution in [0, 0.1) is 0 Å². The first kappa shape index (κ1) is 72.6. The lowest BCUT2D eigenvalue weighted by Crippen LogP contribution is -2.68. The minimum Gasteiger partial charge on any atom is -0.395 e. The molecule has 39 heteroatoms. The second-order valence-corrected chi connectivity index (χ2v) is 24.5. The Labute approximate surface area is 526 Å². The molecule has 21 fully saturated rings. The first-order valence-corrected chi connectivity index (χ1v) is 31.0. The van der Waals surface area contributed by atoms with Gasteiger partial charge < -0.3 is 177 Å². The largest absolute Gasteiger partial charge is 0.587 e. The molecule has 0 aliphatic carbocycles. The van der Waals surface area contributed by atoms with Crippen LogP contribution in [0.25, 0.3) is 0 Å². The van der Waals surface area contributed by atoms with Crippen LogP contribution in [-0.4, -0.2) is 363 Å². The normalized spacial score (nSPS) is 47.9. The number of rotatable bonds is 13. The average molecular weight is 1370 g/mol. The van der Waals surface area contributed by atoms with Crippen LogP contribution in [-0.2, 0) is 75.4 Å². The molecular formula is C54H79O38P. The monoisotopic (exact) mass is 1370 g/mol. The van der Waals surface area contributed by atoms with E-state index in [0.717, 1.165) is 0 Å². The molecule has 21 saturated heterocycles. The van der Waals surface area contributed by atoms with E-state index in [1.54, 1.807) is 12.1 Å². The van der Waals surface area contributed by atoms with Gasteiger partial charge in [0.1, 0.15) is 182 Å². The molecule has 2 aromatic carbocycles. The van der Waals surface area contributed by atoms with Gasteiger partial charge in [0.25, 0.3) is 0 Å². The number of phosphoric ester groups is 1. The number of benzene rings is 2. The van der Waals surface area contributed by atoms with E-state index in [0.29, 0.717) is 0 Å². The van der Waals surface area contributed by atoms with Crippen molar-refractivity contribution in [3.8, 4) is 11.5 Å².